The van der Waals surface area contributed by atoms with Crippen LogP contribution in [0.3, 0.4) is 0 Å². The maximum Gasteiger partial charge on any atom is 0.150 e. The summed E-state index contributed by atoms with van der Waals surface area (Å²) in [5.74, 6) is 2.90. The van der Waals surface area contributed by atoms with Crippen molar-refractivity contribution in [3.8, 4) is 11.4 Å². The molecule has 0 N–H and O–H groups in total. The smallest absolute Gasteiger partial charge is 0.150 e. The van der Waals surface area contributed by atoms with Crippen LogP contribution in [0.15, 0.2) is 49.1 Å². The van der Waals surface area contributed by atoms with Crippen LogP contribution >= 0.6 is 0 Å². The van der Waals surface area contributed by atoms with Crippen LogP contribution in [0, 0.1) is 6.92 Å². The lowest BCUT2D eigenvalue weighted by molar-refractivity contribution is 0.242. The minimum atomic E-state index is 0.826. The number of piperazine rings is 1. The van der Waals surface area contributed by atoms with Crippen LogP contribution in [0.5, 0.6) is 5.75 Å². The van der Waals surface area contributed by atoms with E-state index in [0.29, 0.717) is 0 Å². The molecule has 140 valence electrons. The highest BCUT2D eigenvalue weighted by atomic mass is 16.5. The number of nitrogens with zero attached hydrogens (tertiary/aromatic N) is 6. The van der Waals surface area contributed by atoms with Crippen LogP contribution in [0.1, 0.15) is 11.5 Å². The first kappa shape index (κ1) is 17.5. The van der Waals surface area contributed by atoms with E-state index in [1.165, 1.54) is 0 Å². The Bertz CT molecular complexity index is 883. The SMILES string of the molecule is COc1ccc(-n2ccnc2CN2CCN(c3nccnc3C)CC2)cc1. The second-order valence-electron chi connectivity index (χ2n) is 6.64. The van der Waals surface area contributed by atoms with Gasteiger partial charge in [-0.2, -0.15) is 0 Å². The lowest BCUT2D eigenvalue weighted by atomic mass is 10.2. The van der Waals surface area contributed by atoms with Crippen molar-refractivity contribution in [1.29, 1.82) is 0 Å². The molecule has 7 nitrogen and oxygen atoms in total. The molecule has 1 aliphatic rings. The van der Waals surface area contributed by atoms with Crippen molar-refractivity contribution < 1.29 is 4.74 Å². The molecule has 7 heteroatoms. The normalized spacial score (nSPS) is 15.1. The van der Waals surface area contributed by atoms with Gasteiger partial charge in [-0.3, -0.25) is 9.88 Å². The van der Waals surface area contributed by atoms with Gasteiger partial charge in [-0.25, -0.2) is 9.97 Å². The molecule has 0 amide bonds. The van der Waals surface area contributed by atoms with E-state index in [9.17, 15) is 0 Å². The number of rotatable bonds is 5. The second kappa shape index (κ2) is 7.75. The van der Waals surface area contributed by atoms with Crippen molar-refractivity contribution in [1.82, 2.24) is 24.4 Å². The monoisotopic (exact) mass is 364 g/mol. The van der Waals surface area contributed by atoms with Crippen LogP contribution in [-0.4, -0.2) is 57.7 Å². The van der Waals surface area contributed by atoms with Crippen molar-refractivity contribution in [3.63, 3.8) is 0 Å². The van der Waals surface area contributed by atoms with E-state index < -0.39 is 0 Å². The zero-order valence-corrected chi connectivity index (χ0v) is 15.7. The van der Waals surface area contributed by atoms with E-state index in [2.05, 4.69) is 41.5 Å². The molecular formula is C20H24N6O. The highest BCUT2D eigenvalue weighted by Crippen LogP contribution is 2.19. The largest absolute Gasteiger partial charge is 0.497 e. The van der Waals surface area contributed by atoms with E-state index in [1.807, 2.05) is 31.5 Å². The quantitative estimate of drug-likeness (QED) is 0.692. The Hall–Kier alpha value is -2.93. The number of aromatic nitrogens is 4. The van der Waals surface area contributed by atoms with E-state index in [1.54, 1.807) is 19.5 Å². The summed E-state index contributed by atoms with van der Waals surface area (Å²) < 4.78 is 7.38. The molecule has 0 atom stereocenters. The van der Waals surface area contributed by atoms with Crippen molar-refractivity contribution in [3.05, 3.63) is 60.6 Å². The highest BCUT2D eigenvalue weighted by molar-refractivity contribution is 5.42. The van der Waals surface area contributed by atoms with Gasteiger partial charge in [-0.15, -0.1) is 0 Å². The van der Waals surface area contributed by atoms with Gasteiger partial charge in [0.05, 0.1) is 19.3 Å². The Balaban J connectivity index is 1.41. The minimum absolute atomic E-state index is 0.826. The van der Waals surface area contributed by atoms with Gasteiger partial charge in [0.1, 0.15) is 17.4 Å². The van der Waals surface area contributed by atoms with Crippen LogP contribution in [0.4, 0.5) is 5.82 Å². The molecule has 1 fully saturated rings. The predicted molar refractivity (Wildman–Crippen MR) is 104 cm³/mol. The van der Waals surface area contributed by atoms with E-state index in [0.717, 1.165) is 61.5 Å². The van der Waals surface area contributed by atoms with E-state index in [4.69, 9.17) is 4.74 Å². The highest BCUT2D eigenvalue weighted by Gasteiger charge is 2.21. The van der Waals surface area contributed by atoms with Gasteiger partial charge < -0.3 is 14.2 Å². The second-order valence-corrected chi connectivity index (χ2v) is 6.64. The molecule has 2 aromatic heterocycles. The van der Waals surface area contributed by atoms with Crippen molar-refractivity contribution in [2.24, 2.45) is 0 Å². The Morgan fingerprint density at radius 3 is 2.37 bits per heavy atom. The number of imidazole rings is 1. The standard InChI is InChI=1S/C20H24N6O/c1-16-20(23-8-7-21-16)25-13-11-24(12-14-25)15-19-22-9-10-26(19)17-3-5-18(27-2)6-4-17/h3-10H,11-15H2,1-2H3. The van der Waals surface area contributed by atoms with E-state index in [-0.39, 0.29) is 0 Å². The van der Waals surface area contributed by atoms with Crippen molar-refractivity contribution >= 4 is 5.82 Å². The van der Waals surface area contributed by atoms with Gasteiger partial charge in [-0.1, -0.05) is 0 Å². The first-order valence-electron chi connectivity index (χ1n) is 9.16. The van der Waals surface area contributed by atoms with Gasteiger partial charge in [0.25, 0.3) is 0 Å². The third-order valence-corrected chi connectivity index (χ3v) is 4.96. The number of aryl methyl sites for hydroxylation is 1. The summed E-state index contributed by atoms with van der Waals surface area (Å²) in [6, 6.07) is 8.06. The third-order valence-electron chi connectivity index (χ3n) is 4.96. The number of methoxy groups -OCH3 is 1. The third kappa shape index (κ3) is 3.78. The molecule has 4 rings (SSSR count). The summed E-state index contributed by atoms with van der Waals surface area (Å²) in [5.41, 5.74) is 2.08. The average Bonchev–Trinajstić information content (AvgIpc) is 3.17. The molecule has 1 aromatic carbocycles. The molecular weight excluding hydrogens is 340 g/mol. The zero-order valence-electron chi connectivity index (χ0n) is 15.7. The summed E-state index contributed by atoms with van der Waals surface area (Å²) >= 11 is 0. The summed E-state index contributed by atoms with van der Waals surface area (Å²) in [6.45, 7) is 6.69. The van der Waals surface area contributed by atoms with Crippen LogP contribution in [-0.2, 0) is 6.54 Å². The van der Waals surface area contributed by atoms with Gasteiger partial charge in [0.15, 0.2) is 0 Å². The minimum Gasteiger partial charge on any atom is -0.497 e. The molecule has 0 spiro atoms. The maximum absolute atomic E-state index is 5.25. The number of anilines is 1. The molecule has 0 aliphatic carbocycles. The Morgan fingerprint density at radius 1 is 0.926 bits per heavy atom. The first-order chi connectivity index (χ1) is 13.2. The molecule has 0 saturated carbocycles. The molecule has 1 saturated heterocycles. The molecule has 0 bridgehead atoms. The first-order valence-corrected chi connectivity index (χ1v) is 9.16. The number of hydrogen-bond donors (Lipinski definition) is 0. The Labute approximate surface area is 159 Å². The molecule has 0 unspecified atom stereocenters. The summed E-state index contributed by atoms with van der Waals surface area (Å²) in [6.07, 6.45) is 7.38. The fourth-order valence-electron chi connectivity index (χ4n) is 3.46. The molecule has 1 aliphatic heterocycles. The lowest BCUT2D eigenvalue weighted by Gasteiger charge is -2.35. The van der Waals surface area contributed by atoms with Crippen LogP contribution in [0.2, 0.25) is 0 Å². The van der Waals surface area contributed by atoms with Crippen molar-refractivity contribution in [2.45, 2.75) is 13.5 Å². The molecule has 0 radical (unpaired) electrons. The summed E-state index contributed by atoms with van der Waals surface area (Å²) in [5, 5.41) is 0. The Kier molecular flexibility index (Phi) is 5.02. The van der Waals surface area contributed by atoms with Crippen molar-refractivity contribution in [2.75, 3.05) is 38.2 Å². The average molecular weight is 364 g/mol. The number of benzene rings is 1. The molecule has 3 heterocycles. The van der Waals surface area contributed by atoms with Gasteiger partial charge in [0, 0.05) is 56.7 Å². The fraction of sp³-hybridized carbons (Fsp3) is 0.350. The van der Waals surface area contributed by atoms with Gasteiger partial charge in [0.2, 0.25) is 0 Å². The number of ether oxygens (including phenoxy) is 1. The van der Waals surface area contributed by atoms with Crippen LogP contribution < -0.4 is 9.64 Å². The predicted octanol–water partition coefficient (Wildman–Crippen LogP) is 2.30. The zero-order chi connectivity index (χ0) is 18.6. The number of hydrogen-bond acceptors (Lipinski definition) is 6. The lowest BCUT2D eigenvalue weighted by Crippen LogP contribution is -2.46. The Morgan fingerprint density at radius 2 is 1.67 bits per heavy atom. The summed E-state index contributed by atoms with van der Waals surface area (Å²) in [4.78, 5) is 18.2. The van der Waals surface area contributed by atoms with Crippen LogP contribution in [0.25, 0.3) is 5.69 Å². The fourth-order valence-corrected chi connectivity index (χ4v) is 3.46. The van der Waals surface area contributed by atoms with Gasteiger partial charge in [-0.05, 0) is 31.2 Å². The topological polar surface area (TPSA) is 59.3 Å². The summed E-state index contributed by atoms with van der Waals surface area (Å²) in [7, 11) is 1.68. The molecule has 27 heavy (non-hydrogen) atoms. The van der Waals surface area contributed by atoms with Gasteiger partial charge >= 0.3 is 0 Å². The van der Waals surface area contributed by atoms with E-state index >= 15 is 0 Å². The maximum atomic E-state index is 5.25. The molecule has 3 aromatic rings.